The smallest absolute Gasteiger partial charge is 0.229 e. The molecule has 0 aromatic heterocycles. The van der Waals surface area contributed by atoms with Crippen LogP contribution in [0.25, 0.3) is 0 Å². The van der Waals surface area contributed by atoms with Crippen molar-refractivity contribution in [2.75, 3.05) is 26.8 Å². The molecule has 0 aromatic carbocycles. The molecule has 1 aliphatic rings. The Balaban J connectivity index is 2.57. The van der Waals surface area contributed by atoms with E-state index < -0.39 is 0 Å². The SMILES string of the molecule is CCCNC(COC)CN1C(=O)CCCCC1=O. The summed E-state index contributed by atoms with van der Waals surface area (Å²) < 4.78 is 5.13. The van der Waals surface area contributed by atoms with Gasteiger partial charge >= 0.3 is 0 Å². The fourth-order valence-electron chi connectivity index (χ4n) is 2.11. The summed E-state index contributed by atoms with van der Waals surface area (Å²) >= 11 is 0. The van der Waals surface area contributed by atoms with Crippen LogP contribution in [0.3, 0.4) is 0 Å². The number of hydrogen-bond donors (Lipinski definition) is 1. The van der Waals surface area contributed by atoms with Gasteiger partial charge in [0.2, 0.25) is 11.8 Å². The second kappa shape index (κ2) is 8.21. The summed E-state index contributed by atoms with van der Waals surface area (Å²) in [5.74, 6) is -0.0891. The van der Waals surface area contributed by atoms with Gasteiger partial charge in [0.1, 0.15) is 0 Å². The highest BCUT2D eigenvalue weighted by atomic mass is 16.5. The van der Waals surface area contributed by atoms with Crippen LogP contribution >= 0.6 is 0 Å². The van der Waals surface area contributed by atoms with Crippen molar-refractivity contribution in [1.29, 1.82) is 0 Å². The normalized spacial score (nSPS) is 18.9. The van der Waals surface area contributed by atoms with Crippen molar-refractivity contribution in [3.63, 3.8) is 0 Å². The van der Waals surface area contributed by atoms with Crippen molar-refractivity contribution in [3.05, 3.63) is 0 Å². The van der Waals surface area contributed by atoms with Gasteiger partial charge in [-0.05, 0) is 25.8 Å². The Labute approximate surface area is 109 Å². The van der Waals surface area contributed by atoms with Crippen molar-refractivity contribution in [3.8, 4) is 0 Å². The summed E-state index contributed by atoms with van der Waals surface area (Å²) in [5, 5.41) is 3.31. The van der Waals surface area contributed by atoms with Crippen molar-refractivity contribution < 1.29 is 14.3 Å². The van der Waals surface area contributed by atoms with Crippen LogP contribution in [0.5, 0.6) is 0 Å². The number of rotatable bonds is 7. The Hall–Kier alpha value is -0.940. The van der Waals surface area contributed by atoms with Gasteiger partial charge in [-0.15, -0.1) is 0 Å². The first-order valence-electron chi connectivity index (χ1n) is 6.74. The molecule has 0 aromatic rings. The first-order chi connectivity index (χ1) is 8.69. The van der Waals surface area contributed by atoms with Crippen LogP contribution < -0.4 is 5.32 Å². The molecule has 5 heteroatoms. The van der Waals surface area contributed by atoms with Crippen LogP contribution in [-0.2, 0) is 14.3 Å². The van der Waals surface area contributed by atoms with E-state index in [9.17, 15) is 9.59 Å². The monoisotopic (exact) mass is 256 g/mol. The fraction of sp³-hybridized carbons (Fsp3) is 0.846. The van der Waals surface area contributed by atoms with E-state index in [2.05, 4.69) is 12.2 Å². The van der Waals surface area contributed by atoms with E-state index in [4.69, 9.17) is 4.74 Å². The van der Waals surface area contributed by atoms with E-state index in [0.29, 0.717) is 26.0 Å². The molecule has 2 amide bonds. The van der Waals surface area contributed by atoms with Gasteiger partial charge in [0.05, 0.1) is 6.61 Å². The number of hydrogen-bond acceptors (Lipinski definition) is 4. The minimum atomic E-state index is -0.0445. The van der Waals surface area contributed by atoms with Crippen LogP contribution in [0.4, 0.5) is 0 Å². The lowest BCUT2D eigenvalue weighted by molar-refractivity contribution is -0.144. The molecule has 104 valence electrons. The number of ether oxygens (including phenoxy) is 1. The van der Waals surface area contributed by atoms with Gasteiger partial charge in [0.25, 0.3) is 0 Å². The Kier molecular flexibility index (Phi) is 6.90. The molecule has 1 atom stereocenters. The average molecular weight is 256 g/mol. The number of amides is 2. The first-order valence-corrected chi connectivity index (χ1v) is 6.74. The van der Waals surface area contributed by atoms with Crippen molar-refractivity contribution in [2.24, 2.45) is 0 Å². The number of imide groups is 1. The van der Waals surface area contributed by atoms with E-state index >= 15 is 0 Å². The fourth-order valence-corrected chi connectivity index (χ4v) is 2.11. The average Bonchev–Trinajstić information content (AvgIpc) is 2.51. The summed E-state index contributed by atoms with van der Waals surface area (Å²) in [6.07, 6.45) is 3.62. The number of methoxy groups -OCH3 is 1. The zero-order chi connectivity index (χ0) is 13.4. The topological polar surface area (TPSA) is 58.6 Å². The molecule has 1 saturated heterocycles. The van der Waals surface area contributed by atoms with E-state index in [1.165, 1.54) is 4.90 Å². The van der Waals surface area contributed by atoms with Crippen molar-refractivity contribution >= 4 is 11.8 Å². The van der Waals surface area contributed by atoms with Gasteiger partial charge in [-0.2, -0.15) is 0 Å². The number of carbonyl (C=O) groups excluding carboxylic acids is 2. The van der Waals surface area contributed by atoms with Crippen molar-refractivity contribution in [2.45, 2.75) is 45.1 Å². The maximum Gasteiger partial charge on any atom is 0.229 e. The van der Waals surface area contributed by atoms with Crippen LogP contribution in [0, 0.1) is 0 Å². The van der Waals surface area contributed by atoms with Gasteiger partial charge in [-0.25, -0.2) is 0 Å². The van der Waals surface area contributed by atoms with Crippen LogP contribution in [0.1, 0.15) is 39.0 Å². The molecule has 0 aliphatic carbocycles. The molecule has 1 N–H and O–H groups in total. The van der Waals surface area contributed by atoms with Crippen LogP contribution in [0.2, 0.25) is 0 Å². The van der Waals surface area contributed by atoms with E-state index in [1.807, 2.05) is 0 Å². The minimum Gasteiger partial charge on any atom is -0.383 e. The highest BCUT2D eigenvalue weighted by molar-refractivity contribution is 5.96. The standard InChI is InChI=1S/C13H24N2O3/c1-3-8-14-11(10-18-2)9-15-12(16)6-4-5-7-13(15)17/h11,14H,3-10H2,1-2H3. The summed E-state index contributed by atoms with van der Waals surface area (Å²) in [4.78, 5) is 25.2. The highest BCUT2D eigenvalue weighted by Crippen LogP contribution is 2.13. The van der Waals surface area contributed by atoms with Crippen molar-refractivity contribution in [1.82, 2.24) is 10.2 Å². The van der Waals surface area contributed by atoms with E-state index in [-0.39, 0.29) is 17.9 Å². The number of nitrogens with one attached hydrogen (secondary N) is 1. The molecule has 0 saturated carbocycles. The number of likely N-dealkylation sites (tertiary alicyclic amines) is 1. The third-order valence-corrected chi connectivity index (χ3v) is 3.09. The van der Waals surface area contributed by atoms with Gasteiger partial charge in [0.15, 0.2) is 0 Å². The van der Waals surface area contributed by atoms with Crippen LogP contribution in [0.15, 0.2) is 0 Å². The molecule has 1 unspecified atom stereocenters. The largest absolute Gasteiger partial charge is 0.383 e. The predicted octanol–water partition coefficient (Wildman–Crippen LogP) is 0.930. The summed E-state index contributed by atoms with van der Waals surface area (Å²) in [5.41, 5.74) is 0. The molecule has 1 heterocycles. The third-order valence-electron chi connectivity index (χ3n) is 3.09. The minimum absolute atomic E-state index is 0.0287. The lowest BCUT2D eigenvalue weighted by Crippen LogP contribution is -2.48. The van der Waals surface area contributed by atoms with E-state index in [0.717, 1.165) is 25.8 Å². The Morgan fingerprint density at radius 2 is 1.89 bits per heavy atom. The Morgan fingerprint density at radius 1 is 1.28 bits per heavy atom. The maximum atomic E-state index is 11.9. The zero-order valence-electron chi connectivity index (χ0n) is 11.4. The van der Waals surface area contributed by atoms with E-state index in [1.54, 1.807) is 7.11 Å². The Bertz CT molecular complexity index is 263. The lowest BCUT2D eigenvalue weighted by Gasteiger charge is -2.25. The lowest BCUT2D eigenvalue weighted by atomic mass is 10.2. The van der Waals surface area contributed by atoms with Gasteiger partial charge in [-0.3, -0.25) is 14.5 Å². The van der Waals surface area contributed by atoms with Gasteiger partial charge < -0.3 is 10.1 Å². The summed E-state index contributed by atoms with van der Waals surface area (Å²) in [6, 6.07) is 0.0287. The zero-order valence-corrected chi connectivity index (χ0v) is 11.4. The quantitative estimate of drug-likeness (QED) is 0.688. The molecule has 0 spiro atoms. The molecule has 0 bridgehead atoms. The summed E-state index contributed by atoms with van der Waals surface area (Å²) in [6.45, 7) is 3.88. The third kappa shape index (κ3) is 4.74. The maximum absolute atomic E-state index is 11.9. The molecule has 5 nitrogen and oxygen atoms in total. The second-order valence-electron chi connectivity index (χ2n) is 4.71. The second-order valence-corrected chi connectivity index (χ2v) is 4.71. The van der Waals surface area contributed by atoms with Gasteiger partial charge in [-0.1, -0.05) is 6.92 Å². The first kappa shape index (κ1) is 15.1. The van der Waals surface area contributed by atoms with Gasteiger partial charge in [0, 0.05) is 32.5 Å². The van der Waals surface area contributed by atoms with Crippen LogP contribution in [-0.4, -0.2) is 49.6 Å². The molecule has 1 aliphatic heterocycles. The molecular formula is C13H24N2O3. The Morgan fingerprint density at radius 3 is 2.39 bits per heavy atom. The predicted molar refractivity (Wildman–Crippen MR) is 69.1 cm³/mol. The molecule has 1 rings (SSSR count). The molecular weight excluding hydrogens is 232 g/mol. The number of carbonyl (C=O) groups is 2. The number of nitrogens with zero attached hydrogens (tertiary/aromatic N) is 1. The molecule has 18 heavy (non-hydrogen) atoms. The molecule has 0 radical (unpaired) electrons. The molecule has 1 fully saturated rings. The highest BCUT2D eigenvalue weighted by Gasteiger charge is 2.26. The summed E-state index contributed by atoms with van der Waals surface area (Å²) in [7, 11) is 1.63.